The van der Waals surface area contributed by atoms with Crippen LogP contribution in [0.4, 0.5) is 0 Å². The standard InChI is InChI=1S/C3H10Si.2ClH.Mg/c1-4(2)3;;;/h4H,1-3H3;2*1H;/q;;;+2/p-2. The molecule has 0 aliphatic rings. The molecule has 0 unspecified atom stereocenters. The molecule has 42 valence electrons. The zero-order chi connectivity index (χ0) is 3.58. The van der Waals surface area contributed by atoms with E-state index in [0.717, 1.165) is 0 Å². The zero-order valence-electron chi connectivity index (χ0n) is 5.04. The first-order chi connectivity index (χ1) is 1.73. The third kappa shape index (κ3) is 95.8. The average Bonchev–Trinajstić information content (AvgIpc) is 0.811. The minimum absolute atomic E-state index is 0. The summed E-state index contributed by atoms with van der Waals surface area (Å²) in [6.45, 7) is 6.92. The van der Waals surface area contributed by atoms with Crippen molar-refractivity contribution in [3.05, 3.63) is 0 Å². The van der Waals surface area contributed by atoms with E-state index in [4.69, 9.17) is 0 Å². The molecule has 0 fully saturated rings. The van der Waals surface area contributed by atoms with Crippen molar-refractivity contribution < 1.29 is 24.8 Å². The van der Waals surface area contributed by atoms with Crippen LogP contribution in [0.25, 0.3) is 0 Å². The normalized spacial score (nSPS) is 5.14. The first-order valence-electron chi connectivity index (χ1n) is 1.73. The molecule has 0 aromatic rings. The maximum Gasteiger partial charge on any atom is 2.00 e. The van der Waals surface area contributed by atoms with E-state index >= 15 is 0 Å². The summed E-state index contributed by atoms with van der Waals surface area (Å²) in [4.78, 5) is 0. The summed E-state index contributed by atoms with van der Waals surface area (Å²) < 4.78 is 0. The van der Waals surface area contributed by atoms with Crippen LogP contribution in [0.5, 0.6) is 0 Å². The Bertz CT molecular complexity index is 17.7. The van der Waals surface area contributed by atoms with E-state index in [0.29, 0.717) is 0 Å². The Kier molecular flexibility index (Phi) is 52.6. The Morgan fingerprint density at radius 2 is 0.857 bits per heavy atom. The van der Waals surface area contributed by atoms with E-state index in [1.165, 1.54) is 0 Å². The molecule has 0 aromatic carbocycles. The summed E-state index contributed by atoms with van der Waals surface area (Å²) in [7, 11) is -0.139. The van der Waals surface area contributed by atoms with Crippen LogP contribution in [0.1, 0.15) is 0 Å². The molecule has 0 aliphatic carbocycles. The molecular weight excluding hydrogens is 159 g/mol. The minimum atomic E-state index is -0.139. The van der Waals surface area contributed by atoms with Crippen LogP contribution < -0.4 is 24.8 Å². The Hall–Kier alpha value is 1.56. The van der Waals surface area contributed by atoms with Gasteiger partial charge in [0.1, 0.15) is 0 Å². The summed E-state index contributed by atoms with van der Waals surface area (Å²) in [6, 6.07) is 0. The fourth-order valence-corrected chi connectivity index (χ4v) is 0. The van der Waals surface area contributed by atoms with Gasteiger partial charge in [0.2, 0.25) is 0 Å². The van der Waals surface area contributed by atoms with Crippen LogP contribution in [0.2, 0.25) is 19.6 Å². The van der Waals surface area contributed by atoms with Gasteiger partial charge in [0, 0.05) is 8.80 Å². The third-order valence-corrected chi connectivity index (χ3v) is 0. The van der Waals surface area contributed by atoms with Crippen LogP contribution in [0.3, 0.4) is 0 Å². The Morgan fingerprint density at radius 3 is 0.857 bits per heavy atom. The second-order valence-corrected chi connectivity index (χ2v) is 5.20. The molecule has 0 rings (SSSR count). The van der Waals surface area contributed by atoms with Crippen molar-refractivity contribution in [1.29, 1.82) is 0 Å². The second-order valence-electron chi connectivity index (χ2n) is 1.73. The van der Waals surface area contributed by atoms with Crippen LogP contribution >= 0.6 is 0 Å². The fourth-order valence-electron chi connectivity index (χ4n) is 0. The summed E-state index contributed by atoms with van der Waals surface area (Å²) in [5, 5.41) is 0. The largest absolute Gasteiger partial charge is 2.00 e. The molecule has 0 radical (unpaired) electrons. The monoisotopic (exact) mass is 168 g/mol. The van der Waals surface area contributed by atoms with E-state index < -0.39 is 0 Å². The number of hydrogen-bond donors (Lipinski definition) is 0. The zero-order valence-corrected chi connectivity index (χ0v) is 9.12. The van der Waals surface area contributed by atoms with Gasteiger partial charge in [-0.1, -0.05) is 19.6 Å². The Balaban J connectivity index is -0.0000000150. The van der Waals surface area contributed by atoms with Gasteiger partial charge in [-0.3, -0.25) is 0 Å². The van der Waals surface area contributed by atoms with E-state index in [9.17, 15) is 0 Å². The van der Waals surface area contributed by atoms with E-state index in [1.54, 1.807) is 0 Å². The topological polar surface area (TPSA) is 0 Å². The maximum absolute atomic E-state index is 2.31. The summed E-state index contributed by atoms with van der Waals surface area (Å²) in [6.07, 6.45) is 0. The summed E-state index contributed by atoms with van der Waals surface area (Å²) in [5.41, 5.74) is 0. The van der Waals surface area contributed by atoms with Crippen molar-refractivity contribution in [3.63, 3.8) is 0 Å². The molecule has 7 heavy (non-hydrogen) atoms. The molecule has 0 nitrogen and oxygen atoms in total. The first kappa shape index (κ1) is 23.5. The number of halogens is 2. The van der Waals surface area contributed by atoms with Crippen molar-refractivity contribution in [2.24, 2.45) is 0 Å². The molecule has 0 N–H and O–H groups in total. The smallest absolute Gasteiger partial charge is 1.00 e. The average molecular weight is 169 g/mol. The van der Waals surface area contributed by atoms with Crippen molar-refractivity contribution in [3.8, 4) is 0 Å². The second kappa shape index (κ2) is 15.6. The molecule has 0 heterocycles. The predicted molar refractivity (Wildman–Crippen MR) is 30.5 cm³/mol. The van der Waals surface area contributed by atoms with Crippen LogP contribution in [-0.2, 0) is 0 Å². The van der Waals surface area contributed by atoms with E-state index in [-0.39, 0.29) is 56.7 Å². The van der Waals surface area contributed by atoms with Crippen molar-refractivity contribution in [1.82, 2.24) is 0 Å². The molecule has 0 amide bonds. The van der Waals surface area contributed by atoms with E-state index in [1.807, 2.05) is 0 Å². The van der Waals surface area contributed by atoms with E-state index in [2.05, 4.69) is 19.6 Å². The molecule has 0 saturated heterocycles. The summed E-state index contributed by atoms with van der Waals surface area (Å²) >= 11 is 0. The molecular formula is C3H10Cl2MgSi. The quantitative estimate of drug-likeness (QED) is 0.318. The summed E-state index contributed by atoms with van der Waals surface area (Å²) in [5.74, 6) is 0. The van der Waals surface area contributed by atoms with Gasteiger partial charge in [-0.2, -0.15) is 0 Å². The molecule has 0 atom stereocenters. The van der Waals surface area contributed by atoms with Gasteiger partial charge in [-0.05, 0) is 0 Å². The maximum atomic E-state index is 2.31. The Morgan fingerprint density at radius 1 is 0.857 bits per heavy atom. The molecule has 4 heteroatoms. The number of rotatable bonds is 0. The molecule has 0 bridgehead atoms. The number of hydrogen-bond acceptors (Lipinski definition) is 0. The third-order valence-electron chi connectivity index (χ3n) is 0. The predicted octanol–water partition coefficient (Wildman–Crippen LogP) is -5.27. The fraction of sp³-hybridized carbons (Fsp3) is 1.00. The van der Waals surface area contributed by atoms with Gasteiger partial charge >= 0.3 is 23.1 Å². The van der Waals surface area contributed by atoms with Gasteiger partial charge in [0.15, 0.2) is 0 Å². The van der Waals surface area contributed by atoms with Gasteiger partial charge in [-0.15, -0.1) is 0 Å². The SMILES string of the molecule is C[SiH](C)C.[Cl-].[Cl-].[Mg+2]. The molecule has 0 saturated carbocycles. The van der Waals surface area contributed by atoms with Gasteiger partial charge < -0.3 is 24.8 Å². The molecule has 0 aromatic heterocycles. The van der Waals surface area contributed by atoms with Crippen LogP contribution in [0.15, 0.2) is 0 Å². The first-order valence-corrected chi connectivity index (χ1v) is 5.20. The van der Waals surface area contributed by atoms with Gasteiger partial charge in [-0.25, -0.2) is 0 Å². The molecule has 0 spiro atoms. The van der Waals surface area contributed by atoms with Crippen LogP contribution in [0, 0.1) is 0 Å². The van der Waals surface area contributed by atoms with Gasteiger partial charge in [0.05, 0.1) is 0 Å². The minimum Gasteiger partial charge on any atom is -1.00 e. The van der Waals surface area contributed by atoms with Crippen molar-refractivity contribution >= 4 is 31.8 Å². The van der Waals surface area contributed by atoms with Crippen LogP contribution in [-0.4, -0.2) is 31.8 Å². The molecule has 0 aliphatic heterocycles. The van der Waals surface area contributed by atoms with Crippen molar-refractivity contribution in [2.75, 3.05) is 0 Å². The van der Waals surface area contributed by atoms with Crippen molar-refractivity contribution in [2.45, 2.75) is 19.6 Å². The Labute approximate surface area is 76.0 Å². The van der Waals surface area contributed by atoms with Gasteiger partial charge in [0.25, 0.3) is 0 Å².